The van der Waals surface area contributed by atoms with Crippen LogP contribution in [0.2, 0.25) is 0 Å². The van der Waals surface area contributed by atoms with Crippen LogP contribution in [0.25, 0.3) is 10.9 Å². The molecule has 1 atom stereocenters. The molecule has 1 aliphatic rings. The van der Waals surface area contributed by atoms with Gasteiger partial charge < -0.3 is 14.8 Å². The minimum atomic E-state index is -0.579. The summed E-state index contributed by atoms with van der Waals surface area (Å²) in [5.74, 6) is 1.33. The monoisotopic (exact) mass is 415 g/mol. The number of carbonyl (C=O) groups is 2. The van der Waals surface area contributed by atoms with Gasteiger partial charge in [0.2, 0.25) is 11.8 Å². The summed E-state index contributed by atoms with van der Waals surface area (Å²) in [6.07, 6.45) is 1.81. The highest BCUT2D eigenvalue weighted by atomic mass is 32.2. The van der Waals surface area contributed by atoms with Crippen molar-refractivity contribution in [1.82, 2.24) is 14.8 Å². The van der Waals surface area contributed by atoms with E-state index in [-0.39, 0.29) is 11.8 Å². The number of thioether (sulfide) groups is 1. The van der Waals surface area contributed by atoms with E-state index in [1.54, 1.807) is 11.8 Å². The molecule has 2 heterocycles. The maximum atomic E-state index is 13.4. The first kappa shape index (κ1) is 21.8. The molecule has 3 rings (SSSR count). The number of benzene rings is 1. The van der Waals surface area contributed by atoms with Gasteiger partial charge in [0.1, 0.15) is 6.04 Å². The first-order chi connectivity index (χ1) is 13.8. The zero-order valence-corrected chi connectivity index (χ0v) is 19.0. The highest BCUT2D eigenvalue weighted by Gasteiger charge is 2.38. The van der Waals surface area contributed by atoms with Crippen LogP contribution in [0, 0.1) is 11.8 Å². The molecule has 0 saturated carbocycles. The topological polar surface area (TPSA) is 54.3 Å². The lowest BCUT2D eigenvalue weighted by Crippen LogP contribution is -2.44. The van der Waals surface area contributed by atoms with Crippen molar-refractivity contribution in [2.24, 2.45) is 18.9 Å². The molecule has 1 aromatic carbocycles. The van der Waals surface area contributed by atoms with Gasteiger partial charge in [-0.05, 0) is 30.7 Å². The Bertz CT molecular complexity index is 888. The van der Waals surface area contributed by atoms with Crippen LogP contribution in [0.3, 0.4) is 0 Å². The maximum Gasteiger partial charge on any atom is 0.247 e. The summed E-state index contributed by atoms with van der Waals surface area (Å²) in [6.45, 7) is 9.83. The highest BCUT2D eigenvalue weighted by Crippen LogP contribution is 2.41. The van der Waals surface area contributed by atoms with Gasteiger partial charge in [-0.15, -0.1) is 0 Å². The SMILES string of the molecule is CC(C)CCNC(=O)[C@H]1c2c(n(C)c3ccccc23)SCC(=O)N1CCC(C)C. The number of hydrogen-bond donors (Lipinski definition) is 1. The molecule has 0 aliphatic carbocycles. The van der Waals surface area contributed by atoms with Gasteiger partial charge in [0.25, 0.3) is 0 Å². The molecule has 29 heavy (non-hydrogen) atoms. The number of nitrogens with one attached hydrogen (secondary N) is 1. The molecular weight excluding hydrogens is 382 g/mol. The Hall–Kier alpha value is -1.95. The van der Waals surface area contributed by atoms with Crippen molar-refractivity contribution >= 4 is 34.5 Å². The number of carbonyl (C=O) groups excluding carboxylic acids is 2. The number of aryl methyl sites for hydroxylation is 1. The fourth-order valence-corrected chi connectivity index (χ4v) is 4.95. The summed E-state index contributed by atoms with van der Waals surface area (Å²) in [5.41, 5.74) is 2.08. The van der Waals surface area contributed by atoms with E-state index in [0.29, 0.717) is 30.7 Å². The highest BCUT2D eigenvalue weighted by molar-refractivity contribution is 8.00. The van der Waals surface area contributed by atoms with Crippen LogP contribution in [-0.2, 0) is 16.6 Å². The number of aromatic nitrogens is 1. The number of rotatable bonds is 7. The van der Waals surface area contributed by atoms with Gasteiger partial charge in [0, 0.05) is 36.6 Å². The second-order valence-electron chi connectivity index (χ2n) is 8.73. The predicted octanol–water partition coefficient (Wildman–Crippen LogP) is 4.36. The molecule has 158 valence electrons. The second kappa shape index (κ2) is 9.24. The maximum absolute atomic E-state index is 13.4. The molecule has 1 aliphatic heterocycles. The van der Waals surface area contributed by atoms with E-state index in [1.165, 1.54) is 0 Å². The van der Waals surface area contributed by atoms with Crippen molar-refractivity contribution in [3.8, 4) is 0 Å². The molecular formula is C23H33N3O2S. The standard InChI is InChI=1S/C23H33N3O2S/c1-15(2)10-12-24-22(28)21-20-17-8-6-7-9-18(17)25(5)23(20)29-14-19(27)26(21)13-11-16(3)4/h6-9,15-16,21H,10-14H2,1-5H3,(H,24,28)/t21-/m1/s1. The fraction of sp³-hybridized carbons (Fsp3) is 0.565. The van der Waals surface area contributed by atoms with Crippen molar-refractivity contribution in [3.05, 3.63) is 29.8 Å². The average Bonchev–Trinajstić information content (AvgIpc) is 2.84. The molecule has 2 amide bonds. The first-order valence-electron chi connectivity index (χ1n) is 10.6. The third-order valence-electron chi connectivity index (χ3n) is 5.55. The van der Waals surface area contributed by atoms with Gasteiger partial charge in [-0.2, -0.15) is 0 Å². The van der Waals surface area contributed by atoms with Crippen molar-refractivity contribution in [2.75, 3.05) is 18.8 Å². The van der Waals surface area contributed by atoms with Gasteiger partial charge >= 0.3 is 0 Å². The molecule has 0 spiro atoms. The molecule has 6 heteroatoms. The molecule has 0 bridgehead atoms. The number of amides is 2. The Kier molecular flexibility index (Phi) is 6.93. The van der Waals surface area contributed by atoms with Crippen LogP contribution in [0.15, 0.2) is 29.3 Å². The molecule has 5 nitrogen and oxygen atoms in total. The van der Waals surface area contributed by atoms with Gasteiger partial charge in [0.05, 0.1) is 10.8 Å². The quantitative estimate of drug-likeness (QED) is 0.731. The van der Waals surface area contributed by atoms with Crippen LogP contribution < -0.4 is 5.32 Å². The lowest BCUT2D eigenvalue weighted by atomic mass is 10.0. The summed E-state index contributed by atoms with van der Waals surface area (Å²) < 4.78 is 2.13. The Labute approximate surface area is 178 Å². The molecule has 1 N–H and O–H groups in total. The Morgan fingerprint density at radius 1 is 1.17 bits per heavy atom. The van der Waals surface area contributed by atoms with Crippen molar-refractivity contribution in [1.29, 1.82) is 0 Å². The van der Waals surface area contributed by atoms with Crippen molar-refractivity contribution in [3.63, 3.8) is 0 Å². The molecule has 1 aromatic heterocycles. The number of para-hydroxylation sites is 1. The van der Waals surface area contributed by atoms with E-state index >= 15 is 0 Å². The lowest BCUT2D eigenvalue weighted by molar-refractivity contribution is -0.139. The summed E-state index contributed by atoms with van der Waals surface area (Å²) in [4.78, 5) is 28.3. The third kappa shape index (κ3) is 4.63. The van der Waals surface area contributed by atoms with Crippen LogP contribution in [0.4, 0.5) is 0 Å². The summed E-state index contributed by atoms with van der Waals surface area (Å²) in [5, 5.41) is 5.20. The van der Waals surface area contributed by atoms with Gasteiger partial charge in [-0.3, -0.25) is 9.59 Å². The van der Waals surface area contributed by atoms with Crippen LogP contribution in [-0.4, -0.2) is 40.1 Å². The Morgan fingerprint density at radius 3 is 2.55 bits per heavy atom. The van der Waals surface area contributed by atoms with E-state index in [9.17, 15) is 9.59 Å². The zero-order chi connectivity index (χ0) is 21.1. The van der Waals surface area contributed by atoms with Crippen molar-refractivity contribution < 1.29 is 9.59 Å². The minimum absolute atomic E-state index is 0.0416. The summed E-state index contributed by atoms with van der Waals surface area (Å²) in [7, 11) is 2.02. The van der Waals surface area contributed by atoms with Crippen molar-refractivity contribution in [2.45, 2.75) is 51.6 Å². The Balaban J connectivity index is 2.06. The molecule has 0 radical (unpaired) electrons. The number of fused-ring (bicyclic) bond motifs is 3. The van der Waals surface area contributed by atoms with E-state index in [4.69, 9.17) is 0 Å². The zero-order valence-electron chi connectivity index (χ0n) is 18.2. The summed E-state index contributed by atoms with van der Waals surface area (Å²) in [6, 6.07) is 7.60. The van der Waals surface area contributed by atoms with Crippen LogP contribution in [0.1, 0.15) is 52.1 Å². The number of hydrogen-bond acceptors (Lipinski definition) is 3. The smallest absolute Gasteiger partial charge is 0.247 e. The van der Waals surface area contributed by atoms with E-state index in [2.05, 4.69) is 49.7 Å². The van der Waals surface area contributed by atoms with Crippen LogP contribution in [0.5, 0.6) is 0 Å². The average molecular weight is 416 g/mol. The first-order valence-corrected chi connectivity index (χ1v) is 11.6. The van der Waals surface area contributed by atoms with E-state index < -0.39 is 6.04 Å². The van der Waals surface area contributed by atoms with Gasteiger partial charge in [-0.25, -0.2) is 0 Å². The normalized spacial score (nSPS) is 17.1. The Morgan fingerprint density at radius 2 is 1.86 bits per heavy atom. The van der Waals surface area contributed by atoms with E-state index in [1.807, 2.05) is 24.1 Å². The minimum Gasteiger partial charge on any atom is -0.354 e. The molecule has 0 fully saturated rings. The van der Waals surface area contributed by atoms with Gasteiger partial charge in [-0.1, -0.05) is 57.7 Å². The second-order valence-corrected chi connectivity index (χ2v) is 9.69. The van der Waals surface area contributed by atoms with Crippen LogP contribution >= 0.6 is 11.8 Å². The molecule has 0 unspecified atom stereocenters. The largest absolute Gasteiger partial charge is 0.354 e. The predicted molar refractivity (Wildman–Crippen MR) is 120 cm³/mol. The lowest BCUT2D eigenvalue weighted by Gasteiger charge is -2.30. The van der Waals surface area contributed by atoms with E-state index in [0.717, 1.165) is 34.3 Å². The summed E-state index contributed by atoms with van der Waals surface area (Å²) >= 11 is 1.55. The fourth-order valence-electron chi connectivity index (χ4n) is 3.86. The molecule has 2 aromatic rings. The molecule has 0 saturated heterocycles. The number of nitrogens with zero attached hydrogens (tertiary/aromatic N) is 2. The third-order valence-corrected chi connectivity index (χ3v) is 6.70. The van der Waals surface area contributed by atoms with Gasteiger partial charge in [0.15, 0.2) is 0 Å².